The van der Waals surface area contributed by atoms with E-state index in [0.717, 1.165) is 16.3 Å². The van der Waals surface area contributed by atoms with Crippen LogP contribution in [0.4, 0.5) is 13.2 Å². The molecule has 0 N–H and O–H groups in total. The van der Waals surface area contributed by atoms with E-state index in [9.17, 15) is 13.2 Å². The molecule has 0 aliphatic heterocycles. The van der Waals surface area contributed by atoms with E-state index < -0.39 is 18.5 Å². The molecule has 0 nitrogen and oxygen atoms in total. The number of halogens is 3. The first kappa shape index (κ1) is 12.0. The number of hydrogen-bond donors (Lipinski definition) is 0. The van der Waals surface area contributed by atoms with Crippen molar-refractivity contribution in [1.29, 1.82) is 0 Å². The van der Waals surface area contributed by atoms with Crippen LogP contribution >= 0.6 is 0 Å². The molecule has 2 rings (SSSR count). The molecular formula is C14H13F3. The molecule has 0 aliphatic rings. The Bertz CT molecular complexity index is 509. The predicted molar refractivity (Wildman–Crippen MR) is 63.0 cm³/mol. The fraction of sp³-hybridized carbons (Fsp3) is 0.286. The van der Waals surface area contributed by atoms with Crippen LogP contribution in [0, 0.1) is 0 Å². The number of rotatable bonds is 2. The van der Waals surface area contributed by atoms with E-state index in [4.69, 9.17) is 0 Å². The van der Waals surface area contributed by atoms with Gasteiger partial charge in [0.05, 0.1) is 6.42 Å². The summed E-state index contributed by atoms with van der Waals surface area (Å²) in [5.41, 5.74) is 0.764. The summed E-state index contributed by atoms with van der Waals surface area (Å²) in [5, 5.41) is 1.89. The van der Waals surface area contributed by atoms with Gasteiger partial charge in [-0.2, -0.15) is 13.2 Å². The first-order valence-electron chi connectivity index (χ1n) is 5.52. The average molecular weight is 238 g/mol. The molecule has 0 aliphatic carbocycles. The van der Waals surface area contributed by atoms with Crippen LogP contribution in [0.3, 0.4) is 0 Å². The molecule has 0 heterocycles. The van der Waals surface area contributed by atoms with E-state index in [1.54, 1.807) is 13.0 Å². The van der Waals surface area contributed by atoms with Crippen LogP contribution in [0.1, 0.15) is 24.8 Å². The van der Waals surface area contributed by atoms with Gasteiger partial charge >= 0.3 is 6.18 Å². The molecule has 3 heteroatoms. The monoisotopic (exact) mass is 238 g/mol. The van der Waals surface area contributed by atoms with Crippen molar-refractivity contribution in [1.82, 2.24) is 0 Å². The normalized spacial score (nSPS) is 13.9. The summed E-state index contributed by atoms with van der Waals surface area (Å²) in [6.07, 6.45) is -4.89. The minimum Gasteiger partial charge on any atom is -0.171 e. The van der Waals surface area contributed by atoms with Gasteiger partial charge in [-0.05, 0) is 22.3 Å². The van der Waals surface area contributed by atoms with E-state index in [2.05, 4.69) is 0 Å². The third kappa shape index (κ3) is 2.78. The Morgan fingerprint density at radius 1 is 1.00 bits per heavy atom. The first-order valence-corrected chi connectivity index (χ1v) is 5.52. The molecule has 17 heavy (non-hydrogen) atoms. The summed E-state index contributed by atoms with van der Waals surface area (Å²) < 4.78 is 37.2. The minimum atomic E-state index is -4.11. The zero-order valence-electron chi connectivity index (χ0n) is 9.46. The smallest absolute Gasteiger partial charge is 0.171 e. The van der Waals surface area contributed by atoms with Gasteiger partial charge in [-0.1, -0.05) is 49.4 Å². The van der Waals surface area contributed by atoms with Crippen molar-refractivity contribution in [2.24, 2.45) is 0 Å². The van der Waals surface area contributed by atoms with Crippen LogP contribution in [0.2, 0.25) is 0 Å². The second-order valence-corrected chi connectivity index (χ2v) is 4.29. The standard InChI is InChI=1S/C14H13F3/c1-10(9-14(15,16)17)12-8-4-6-11-5-2-3-7-13(11)12/h2-8,10H,9H2,1H3. The molecule has 0 aromatic heterocycles. The third-order valence-electron chi connectivity index (χ3n) is 2.89. The predicted octanol–water partition coefficient (Wildman–Crippen LogP) is 4.90. The molecule has 0 fully saturated rings. The Hall–Kier alpha value is -1.51. The Balaban J connectivity index is 2.41. The van der Waals surface area contributed by atoms with Crippen molar-refractivity contribution >= 4 is 10.8 Å². The maximum atomic E-state index is 12.4. The van der Waals surface area contributed by atoms with E-state index in [-0.39, 0.29) is 0 Å². The molecular weight excluding hydrogens is 225 g/mol. The lowest BCUT2D eigenvalue weighted by Gasteiger charge is -2.16. The lowest BCUT2D eigenvalue weighted by atomic mass is 9.92. The first-order chi connectivity index (χ1) is 7.97. The molecule has 0 saturated carbocycles. The summed E-state index contributed by atoms with van der Waals surface area (Å²) >= 11 is 0. The van der Waals surface area contributed by atoms with Gasteiger partial charge in [0.15, 0.2) is 0 Å². The molecule has 90 valence electrons. The average Bonchev–Trinajstić information content (AvgIpc) is 2.26. The van der Waals surface area contributed by atoms with Crippen molar-refractivity contribution in [2.75, 3.05) is 0 Å². The van der Waals surface area contributed by atoms with Gasteiger partial charge in [-0.3, -0.25) is 0 Å². The maximum absolute atomic E-state index is 12.4. The molecule has 1 atom stereocenters. The minimum absolute atomic E-state index is 0.513. The Kier molecular flexibility index (Phi) is 3.09. The van der Waals surface area contributed by atoms with Crippen molar-refractivity contribution in [2.45, 2.75) is 25.4 Å². The van der Waals surface area contributed by atoms with E-state index in [1.165, 1.54) is 0 Å². The molecule has 0 radical (unpaired) electrons. The highest BCUT2D eigenvalue weighted by Crippen LogP contribution is 2.34. The zero-order valence-corrected chi connectivity index (χ0v) is 9.46. The topological polar surface area (TPSA) is 0 Å². The lowest BCUT2D eigenvalue weighted by Crippen LogP contribution is -2.12. The van der Waals surface area contributed by atoms with Gasteiger partial charge in [-0.15, -0.1) is 0 Å². The van der Waals surface area contributed by atoms with Gasteiger partial charge in [0.1, 0.15) is 0 Å². The molecule has 0 saturated heterocycles. The van der Waals surface area contributed by atoms with Crippen molar-refractivity contribution < 1.29 is 13.2 Å². The molecule has 2 aromatic rings. The van der Waals surface area contributed by atoms with Crippen molar-refractivity contribution in [3.63, 3.8) is 0 Å². The third-order valence-corrected chi connectivity index (χ3v) is 2.89. The SMILES string of the molecule is CC(CC(F)(F)F)c1cccc2ccccc12. The van der Waals surface area contributed by atoms with Gasteiger partial charge in [0.2, 0.25) is 0 Å². The van der Waals surface area contributed by atoms with Crippen LogP contribution in [0.5, 0.6) is 0 Å². The Morgan fingerprint density at radius 2 is 1.65 bits per heavy atom. The van der Waals surface area contributed by atoms with E-state index in [0.29, 0.717) is 0 Å². The van der Waals surface area contributed by atoms with Crippen LogP contribution in [-0.2, 0) is 0 Å². The summed E-state index contributed by atoms with van der Waals surface area (Å²) in [5.74, 6) is -0.513. The highest BCUT2D eigenvalue weighted by Gasteiger charge is 2.30. The number of alkyl halides is 3. The van der Waals surface area contributed by atoms with Crippen LogP contribution < -0.4 is 0 Å². The van der Waals surface area contributed by atoms with E-state index >= 15 is 0 Å². The van der Waals surface area contributed by atoms with Crippen molar-refractivity contribution in [3.05, 3.63) is 48.0 Å². The summed E-state index contributed by atoms with van der Waals surface area (Å²) in [7, 11) is 0. The lowest BCUT2D eigenvalue weighted by molar-refractivity contribution is -0.137. The van der Waals surface area contributed by atoms with Crippen LogP contribution in [-0.4, -0.2) is 6.18 Å². The largest absolute Gasteiger partial charge is 0.389 e. The van der Waals surface area contributed by atoms with Crippen molar-refractivity contribution in [3.8, 4) is 0 Å². The molecule has 0 bridgehead atoms. The summed E-state index contributed by atoms with van der Waals surface area (Å²) in [6, 6.07) is 13.0. The van der Waals surface area contributed by atoms with Gasteiger partial charge in [-0.25, -0.2) is 0 Å². The zero-order chi connectivity index (χ0) is 12.5. The quantitative estimate of drug-likeness (QED) is 0.698. The Labute approximate surface area is 98.1 Å². The number of hydrogen-bond acceptors (Lipinski definition) is 0. The van der Waals surface area contributed by atoms with Gasteiger partial charge < -0.3 is 0 Å². The molecule has 1 unspecified atom stereocenters. The van der Waals surface area contributed by atoms with Gasteiger partial charge in [0.25, 0.3) is 0 Å². The Morgan fingerprint density at radius 3 is 2.35 bits per heavy atom. The highest BCUT2D eigenvalue weighted by atomic mass is 19.4. The molecule has 0 spiro atoms. The molecule has 2 aromatic carbocycles. The fourth-order valence-corrected chi connectivity index (χ4v) is 2.14. The van der Waals surface area contributed by atoms with E-state index in [1.807, 2.05) is 36.4 Å². The maximum Gasteiger partial charge on any atom is 0.389 e. The van der Waals surface area contributed by atoms with Gasteiger partial charge in [0, 0.05) is 0 Å². The number of benzene rings is 2. The molecule has 0 amide bonds. The second-order valence-electron chi connectivity index (χ2n) is 4.29. The highest BCUT2D eigenvalue weighted by molar-refractivity contribution is 5.86. The summed E-state index contributed by atoms with van der Waals surface area (Å²) in [6.45, 7) is 1.62. The van der Waals surface area contributed by atoms with Crippen LogP contribution in [0.15, 0.2) is 42.5 Å². The number of fused-ring (bicyclic) bond motifs is 1. The summed E-state index contributed by atoms with van der Waals surface area (Å²) in [4.78, 5) is 0. The second kappa shape index (κ2) is 4.40. The fourth-order valence-electron chi connectivity index (χ4n) is 2.14. The van der Waals surface area contributed by atoms with Crippen LogP contribution in [0.25, 0.3) is 10.8 Å².